The summed E-state index contributed by atoms with van der Waals surface area (Å²) in [4.78, 5) is 0. The van der Waals surface area contributed by atoms with E-state index in [4.69, 9.17) is 9.47 Å². The molecule has 2 nitrogen and oxygen atoms in total. The molecule has 0 saturated heterocycles. The van der Waals surface area contributed by atoms with E-state index in [9.17, 15) is 17.6 Å². The van der Waals surface area contributed by atoms with Gasteiger partial charge in [-0.05, 0) is 162 Å². The number of benzene rings is 2. The van der Waals surface area contributed by atoms with Crippen molar-refractivity contribution in [3.8, 4) is 11.5 Å². The van der Waals surface area contributed by atoms with Crippen molar-refractivity contribution in [2.75, 3.05) is 13.2 Å². The van der Waals surface area contributed by atoms with E-state index in [-0.39, 0.29) is 23.3 Å². The van der Waals surface area contributed by atoms with Gasteiger partial charge in [-0.3, -0.25) is 0 Å². The van der Waals surface area contributed by atoms with Crippen molar-refractivity contribution in [1.82, 2.24) is 0 Å². The first kappa shape index (κ1) is 43.9. The van der Waals surface area contributed by atoms with Crippen LogP contribution in [0.2, 0.25) is 0 Å². The van der Waals surface area contributed by atoms with Crippen molar-refractivity contribution >= 4 is 0 Å². The van der Waals surface area contributed by atoms with Crippen molar-refractivity contribution in [1.29, 1.82) is 0 Å². The van der Waals surface area contributed by atoms with Crippen LogP contribution in [0, 0.1) is 58.8 Å². The molecule has 4 fully saturated rings. The molecule has 0 bridgehead atoms. The third-order valence-corrected chi connectivity index (χ3v) is 14.5. The molecule has 6 rings (SSSR count). The van der Waals surface area contributed by atoms with Crippen molar-refractivity contribution in [2.45, 2.75) is 187 Å². The third kappa shape index (κ3) is 12.1. The van der Waals surface area contributed by atoms with Gasteiger partial charge in [0.1, 0.15) is 0 Å². The molecular weight excluding hydrogens is 697 g/mol. The smallest absolute Gasteiger partial charge is 0.200 e. The summed E-state index contributed by atoms with van der Waals surface area (Å²) < 4.78 is 67.8. The summed E-state index contributed by atoms with van der Waals surface area (Å²) in [5.74, 6) is 2.61. The molecule has 0 amide bonds. The SMILES string of the molecule is CCCCC1CCC(C2CCC(c3ccc(OCC)c(F)c3F)CC2)CC1.CCCCCC1CCC(C2CCC(c3ccc(OCC)c(F)c3F)CC2)CC1. The summed E-state index contributed by atoms with van der Waals surface area (Å²) >= 11 is 0. The molecule has 4 aliphatic rings. The van der Waals surface area contributed by atoms with E-state index in [1.807, 2.05) is 0 Å². The highest BCUT2D eigenvalue weighted by atomic mass is 19.2. The Kier molecular flexibility index (Phi) is 18.1. The Labute approximate surface area is 332 Å². The summed E-state index contributed by atoms with van der Waals surface area (Å²) in [7, 11) is 0. The van der Waals surface area contributed by atoms with Gasteiger partial charge in [0, 0.05) is 0 Å². The van der Waals surface area contributed by atoms with Crippen LogP contribution in [0.4, 0.5) is 17.6 Å². The van der Waals surface area contributed by atoms with Gasteiger partial charge < -0.3 is 9.47 Å². The van der Waals surface area contributed by atoms with Gasteiger partial charge >= 0.3 is 0 Å². The Morgan fingerprint density at radius 1 is 0.418 bits per heavy atom. The average Bonchev–Trinajstić information content (AvgIpc) is 3.22. The monoisotopic (exact) mass is 771 g/mol. The quantitative estimate of drug-likeness (QED) is 0.133. The molecule has 310 valence electrons. The maximum Gasteiger partial charge on any atom is 0.200 e. The Morgan fingerprint density at radius 2 is 0.764 bits per heavy atom. The fourth-order valence-electron chi connectivity index (χ4n) is 11.1. The number of hydrogen-bond acceptors (Lipinski definition) is 2. The van der Waals surface area contributed by atoms with E-state index >= 15 is 0 Å². The molecule has 0 radical (unpaired) electrons. The Morgan fingerprint density at radius 3 is 1.11 bits per heavy atom. The summed E-state index contributed by atoms with van der Waals surface area (Å²) in [5.41, 5.74) is 1.11. The van der Waals surface area contributed by atoms with Gasteiger partial charge in [-0.25, -0.2) is 8.78 Å². The highest BCUT2D eigenvalue weighted by molar-refractivity contribution is 5.34. The van der Waals surface area contributed by atoms with Crippen LogP contribution < -0.4 is 9.47 Å². The lowest BCUT2D eigenvalue weighted by molar-refractivity contribution is 0.155. The van der Waals surface area contributed by atoms with Gasteiger partial charge in [0.15, 0.2) is 23.1 Å². The fraction of sp³-hybridized carbons (Fsp3) is 0.755. The first-order valence-corrected chi connectivity index (χ1v) is 23.0. The van der Waals surface area contributed by atoms with Gasteiger partial charge in [0.05, 0.1) is 13.2 Å². The summed E-state index contributed by atoms with van der Waals surface area (Å²) in [6.45, 7) is 8.82. The van der Waals surface area contributed by atoms with Gasteiger partial charge in [0.25, 0.3) is 0 Å². The van der Waals surface area contributed by atoms with E-state index in [0.29, 0.717) is 24.3 Å². The van der Waals surface area contributed by atoms with E-state index in [1.54, 1.807) is 38.1 Å². The summed E-state index contributed by atoms with van der Waals surface area (Å²) in [6, 6.07) is 6.69. The minimum absolute atomic E-state index is 0.0345. The third-order valence-electron chi connectivity index (χ3n) is 14.5. The Hall–Kier alpha value is -2.24. The van der Waals surface area contributed by atoms with Crippen molar-refractivity contribution in [3.05, 3.63) is 58.7 Å². The second kappa shape index (κ2) is 22.6. The van der Waals surface area contributed by atoms with Gasteiger partial charge in [-0.2, -0.15) is 8.78 Å². The molecule has 0 atom stereocenters. The Balaban J connectivity index is 0.000000211. The minimum Gasteiger partial charge on any atom is -0.491 e. The van der Waals surface area contributed by atoms with Crippen LogP contribution in [-0.4, -0.2) is 13.2 Å². The topological polar surface area (TPSA) is 18.5 Å². The normalized spacial score (nSPS) is 28.6. The van der Waals surface area contributed by atoms with Crippen molar-refractivity contribution in [3.63, 3.8) is 0 Å². The molecule has 0 unspecified atom stereocenters. The lowest BCUT2D eigenvalue weighted by Crippen LogP contribution is -2.25. The zero-order chi connectivity index (χ0) is 39.2. The van der Waals surface area contributed by atoms with E-state index in [2.05, 4.69) is 13.8 Å². The highest BCUT2D eigenvalue weighted by Crippen LogP contribution is 2.47. The number of unbranched alkanes of at least 4 members (excludes halogenated alkanes) is 3. The van der Waals surface area contributed by atoms with Crippen LogP contribution in [0.5, 0.6) is 11.5 Å². The molecule has 2 aromatic carbocycles. The first-order chi connectivity index (χ1) is 26.8. The lowest BCUT2D eigenvalue weighted by atomic mass is 9.68. The maximum atomic E-state index is 14.5. The predicted octanol–water partition coefficient (Wildman–Crippen LogP) is 15.7. The van der Waals surface area contributed by atoms with Crippen LogP contribution in [0.1, 0.15) is 198 Å². The van der Waals surface area contributed by atoms with Gasteiger partial charge in [-0.15, -0.1) is 0 Å². The highest BCUT2D eigenvalue weighted by Gasteiger charge is 2.34. The molecule has 4 aliphatic carbocycles. The second-order valence-electron chi connectivity index (χ2n) is 17.9. The molecule has 55 heavy (non-hydrogen) atoms. The minimum atomic E-state index is -0.818. The van der Waals surface area contributed by atoms with Crippen LogP contribution in [-0.2, 0) is 0 Å². The van der Waals surface area contributed by atoms with Crippen LogP contribution in [0.15, 0.2) is 24.3 Å². The Bertz CT molecular complexity index is 1400. The maximum absolute atomic E-state index is 14.5. The molecule has 0 N–H and O–H groups in total. The largest absolute Gasteiger partial charge is 0.491 e. The molecule has 0 heterocycles. The van der Waals surface area contributed by atoms with Gasteiger partial charge in [-0.1, -0.05) is 96.6 Å². The summed E-state index contributed by atoms with van der Waals surface area (Å²) in [6.07, 6.45) is 29.5. The zero-order valence-electron chi connectivity index (χ0n) is 34.9. The molecule has 0 aliphatic heterocycles. The molecule has 0 aromatic heterocycles. The van der Waals surface area contributed by atoms with Crippen LogP contribution >= 0.6 is 0 Å². The standard InChI is InChI=1S/C25H38F2O.C24H36F2O/c1-3-5-6-7-18-8-10-19(11-9-18)20-12-14-21(15-13-20)22-16-17-23(28-4-2)25(27)24(22)26;1-3-5-6-17-7-9-18(10-8-17)19-11-13-20(14-12-19)21-15-16-22(27-4-2)24(26)23(21)25/h16-21H,3-15H2,1-2H3;15-20H,3-14H2,1-2H3. The van der Waals surface area contributed by atoms with E-state index in [0.717, 1.165) is 61.2 Å². The molecular formula is C49H74F4O2. The number of rotatable bonds is 15. The van der Waals surface area contributed by atoms with Crippen molar-refractivity contribution in [2.24, 2.45) is 35.5 Å². The molecule has 6 heteroatoms. The number of halogens is 4. The van der Waals surface area contributed by atoms with Crippen LogP contribution in [0.25, 0.3) is 0 Å². The van der Waals surface area contributed by atoms with Gasteiger partial charge in [0.2, 0.25) is 11.6 Å². The number of ether oxygens (including phenoxy) is 2. The fourth-order valence-corrected chi connectivity index (χ4v) is 11.1. The van der Waals surface area contributed by atoms with Crippen molar-refractivity contribution < 1.29 is 27.0 Å². The predicted molar refractivity (Wildman–Crippen MR) is 219 cm³/mol. The molecule has 4 saturated carbocycles. The number of hydrogen-bond donors (Lipinski definition) is 0. The lowest BCUT2D eigenvalue weighted by Gasteiger charge is -2.38. The van der Waals surface area contributed by atoms with E-state index in [1.165, 1.54) is 122 Å². The molecule has 2 aromatic rings. The average molecular weight is 771 g/mol. The van der Waals surface area contributed by atoms with Crippen LogP contribution in [0.3, 0.4) is 0 Å². The first-order valence-electron chi connectivity index (χ1n) is 23.0. The molecule has 0 spiro atoms. The summed E-state index contributed by atoms with van der Waals surface area (Å²) in [5, 5.41) is 0. The van der Waals surface area contributed by atoms with E-state index < -0.39 is 23.3 Å². The zero-order valence-corrected chi connectivity index (χ0v) is 34.9. The second-order valence-corrected chi connectivity index (χ2v) is 17.9.